The van der Waals surface area contributed by atoms with E-state index >= 15 is 0 Å². The van der Waals surface area contributed by atoms with Crippen LogP contribution in [0.2, 0.25) is 0 Å². The predicted molar refractivity (Wildman–Crippen MR) is 66.7 cm³/mol. The highest BCUT2D eigenvalue weighted by molar-refractivity contribution is 5.80. The van der Waals surface area contributed by atoms with E-state index in [1.165, 1.54) is 0 Å². The Morgan fingerprint density at radius 2 is 1.76 bits per heavy atom. The Hall–Kier alpha value is -1.26. The second-order valence-electron chi connectivity index (χ2n) is 4.00. The quantitative estimate of drug-likeness (QED) is 0.669. The van der Waals surface area contributed by atoms with Crippen molar-refractivity contribution in [3.8, 4) is 0 Å². The molecule has 2 amide bonds. The second kappa shape index (κ2) is 8.84. The van der Waals surface area contributed by atoms with Gasteiger partial charge in [-0.3, -0.25) is 4.79 Å². The van der Waals surface area contributed by atoms with Gasteiger partial charge in [-0.1, -0.05) is 26.7 Å². The van der Waals surface area contributed by atoms with Crippen molar-refractivity contribution in [3.05, 3.63) is 0 Å². The summed E-state index contributed by atoms with van der Waals surface area (Å²) in [5, 5.41) is 5.30. The zero-order chi connectivity index (χ0) is 13.3. The third-order valence-corrected chi connectivity index (χ3v) is 2.81. The van der Waals surface area contributed by atoms with E-state index in [1.54, 1.807) is 6.92 Å². The number of rotatable bonds is 7. The van der Waals surface area contributed by atoms with Gasteiger partial charge in [0.05, 0.1) is 6.61 Å². The number of urea groups is 1. The van der Waals surface area contributed by atoms with Gasteiger partial charge < -0.3 is 15.4 Å². The van der Waals surface area contributed by atoms with Crippen LogP contribution >= 0.6 is 0 Å². The molecule has 1 atom stereocenters. The molecule has 0 radical (unpaired) electrons. The normalized spacial score (nSPS) is 12.1. The average Bonchev–Trinajstić information content (AvgIpc) is 2.28. The summed E-state index contributed by atoms with van der Waals surface area (Å²) in [7, 11) is 0. The summed E-state index contributed by atoms with van der Waals surface area (Å²) in [6, 6.07) is -0.218. The van der Waals surface area contributed by atoms with E-state index in [9.17, 15) is 9.59 Å². The van der Waals surface area contributed by atoms with Crippen LogP contribution < -0.4 is 10.6 Å². The summed E-state index contributed by atoms with van der Waals surface area (Å²) < 4.78 is 4.71. The van der Waals surface area contributed by atoms with Crippen molar-refractivity contribution in [2.75, 3.05) is 13.2 Å². The second-order valence-corrected chi connectivity index (χ2v) is 4.00. The molecule has 0 aromatic heterocycles. The molecule has 0 aromatic carbocycles. The van der Waals surface area contributed by atoms with Crippen LogP contribution in [0, 0.1) is 5.92 Å². The first-order valence-corrected chi connectivity index (χ1v) is 6.25. The minimum Gasteiger partial charge on any atom is -0.465 e. The first-order valence-electron chi connectivity index (χ1n) is 6.25. The van der Waals surface area contributed by atoms with Crippen LogP contribution in [0.5, 0.6) is 0 Å². The van der Waals surface area contributed by atoms with Gasteiger partial charge in [0, 0.05) is 6.04 Å². The summed E-state index contributed by atoms with van der Waals surface area (Å²) in [6.45, 7) is 8.14. The van der Waals surface area contributed by atoms with Crippen molar-refractivity contribution in [1.82, 2.24) is 10.6 Å². The van der Waals surface area contributed by atoms with Crippen LogP contribution in [0.25, 0.3) is 0 Å². The molecule has 0 rings (SSSR count). The third-order valence-electron chi connectivity index (χ3n) is 2.81. The van der Waals surface area contributed by atoms with Crippen LogP contribution in [-0.4, -0.2) is 31.2 Å². The summed E-state index contributed by atoms with van der Waals surface area (Å²) in [5.74, 6) is 0.0428. The first-order chi connectivity index (χ1) is 8.04. The lowest BCUT2D eigenvalue weighted by molar-refractivity contribution is -0.141. The molecule has 0 bridgehead atoms. The maximum Gasteiger partial charge on any atom is 0.325 e. The Balaban J connectivity index is 3.89. The van der Waals surface area contributed by atoms with E-state index in [0.717, 1.165) is 12.8 Å². The Morgan fingerprint density at radius 3 is 2.24 bits per heavy atom. The van der Waals surface area contributed by atoms with Crippen molar-refractivity contribution >= 4 is 12.0 Å². The van der Waals surface area contributed by atoms with Gasteiger partial charge in [0.1, 0.15) is 6.54 Å². The fourth-order valence-electron chi connectivity index (χ4n) is 1.74. The minimum atomic E-state index is -0.419. The molecular weight excluding hydrogens is 220 g/mol. The Morgan fingerprint density at radius 1 is 1.18 bits per heavy atom. The molecule has 100 valence electrons. The molecule has 0 spiro atoms. The van der Waals surface area contributed by atoms with E-state index in [2.05, 4.69) is 24.5 Å². The van der Waals surface area contributed by atoms with Gasteiger partial charge in [0.25, 0.3) is 0 Å². The molecule has 0 saturated heterocycles. The molecule has 0 aliphatic rings. The molecular formula is C12H24N2O3. The molecule has 0 heterocycles. The lowest BCUT2D eigenvalue weighted by atomic mass is 9.96. The highest BCUT2D eigenvalue weighted by Gasteiger charge is 2.15. The summed E-state index contributed by atoms with van der Waals surface area (Å²) >= 11 is 0. The minimum absolute atomic E-state index is 0.0880. The van der Waals surface area contributed by atoms with Crippen molar-refractivity contribution in [2.24, 2.45) is 5.92 Å². The van der Waals surface area contributed by atoms with Crippen molar-refractivity contribution < 1.29 is 14.3 Å². The lowest BCUT2D eigenvalue weighted by Gasteiger charge is -2.22. The Bertz CT molecular complexity index is 240. The zero-order valence-electron chi connectivity index (χ0n) is 11.2. The van der Waals surface area contributed by atoms with Gasteiger partial charge in [-0.2, -0.15) is 0 Å². The van der Waals surface area contributed by atoms with Gasteiger partial charge in [-0.15, -0.1) is 0 Å². The topological polar surface area (TPSA) is 67.4 Å². The predicted octanol–water partition coefficient (Wildman–Crippen LogP) is 1.67. The third kappa shape index (κ3) is 6.81. The molecule has 17 heavy (non-hydrogen) atoms. The van der Waals surface area contributed by atoms with E-state index in [0.29, 0.717) is 12.5 Å². The Kier molecular flexibility index (Phi) is 8.19. The highest BCUT2D eigenvalue weighted by Crippen LogP contribution is 2.12. The van der Waals surface area contributed by atoms with E-state index < -0.39 is 5.97 Å². The smallest absolute Gasteiger partial charge is 0.325 e. The van der Waals surface area contributed by atoms with Crippen LogP contribution in [0.1, 0.15) is 40.5 Å². The summed E-state index contributed by atoms with van der Waals surface area (Å²) in [6.07, 6.45) is 2.05. The van der Waals surface area contributed by atoms with Crippen molar-refractivity contribution in [1.29, 1.82) is 0 Å². The molecule has 0 aliphatic carbocycles. The Labute approximate surface area is 103 Å². The molecule has 0 aliphatic heterocycles. The molecule has 5 nitrogen and oxygen atoms in total. The standard InChI is InChI=1S/C12H24N2O3/c1-5-10(6-2)9(4)14-12(16)13-8-11(15)17-7-3/h9-10H,5-8H2,1-4H3,(H2,13,14,16). The molecule has 0 saturated carbocycles. The van der Waals surface area contributed by atoms with Gasteiger partial charge in [-0.05, 0) is 19.8 Å². The van der Waals surface area contributed by atoms with Crippen LogP contribution in [-0.2, 0) is 9.53 Å². The van der Waals surface area contributed by atoms with Gasteiger partial charge in [-0.25, -0.2) is 4.79 Å². The first kappa shape index (κ1) is 15.7. The summed E-state index contributed by atoms with van der Waals surface area (Å²) in [5.41, 5.74) is 0. The van der Waals surface area contributed by atoms with E-state index in [-0.39, 0.29) is 18.6 Å². The number of carbonyl (C=O) groups is 2. The van der Waals surface area contributed by atoms with Gasteiger partial charge in [0.15, 0.2) is 0 Å². The van der Waals surface area contributed by atoms with Crippen LogP contribution in [0.15, 0.2) is 0 Å². The molecule has 5 heteroatoms. The number of nitrogens with one attached hydrogen (secondary N) is 2. The van der Waals surface area contributed by atoms with E-state index in [1.807, 2.05) is 6.92 Å². The molecule has 2 N–H and O–H groups in total. The fourth-order valence-corrected chi connectivity index (χ4v) is 1.74. The summed E-state index contributed by atoms with van der Waals surface area (Å²) in [4.78, 5) is 22.5. The van der Waals surface area contributed by atoms with Crippen molar-refractivity contribution in [3.63, 3.8) is 0 Å². The van der Waals surface area contributed by atoms with Crippen molar-refractivity contribution in [2.45, 2.75) is 46.6 Å². The number of hydrogen-bond acceptors (Lipinski definition) is 3. The molecule has 0 fully saturated rings. The maximum atomic E-state index is 11.5. The largest absolute Gasteiger partial charge is 0.465 e. The molecule has 1 unspecified atom stereocenters. The number of amides is 2. The highest BCUT2D eigenvalue weighted by atomic mass is 16.5. The number of carbonyl (C=O) groups excluding carboxylic acids is 2. The van der Waals surface area contributed by atoms with Crippen LogP contribution in [0.3, 0.4) is 0 Å². The average molecular weight is 244 g/mol. The monoisotopic (exact) mass is 244 g/mol. The fraction of sp³-hybridized carbons (Fsp3) is 0.833. The number of ether oxygens (including phenoxy) is 1. The SMILES string of the molecule is CCOC(=O)CNC(=O)NC(C)C(CC)CC. The number of hydrogen-bond donors (Lipinski definition) is 2. The zero-order valence-corrected chi connectivity index (χ0v) is 11.2. The molecule has 0 aromatic rings. The van der Waals surface area contributed by atoms with Crippen LogP contribution in [0.4, 0.5) is 4.79 Å². The number of esters is 1. The lowest BCUT2D eigenvalue weighted by Crippen LogP contribution is -2.45. The van der Waals surface area contributed by atoms with Gasteiger partial charge >= 0.3 is 12.0 Å². The maximum absolute atomic E-state index is 11.5. The van der Waals surface area contributed by atoms with E-state index in [4.69, 9.17) is 4.74 Å². The van der Waals surface area contributed by atoms with Gasteiger partial charge in [0.2, 0.25) is 0 Å².